The summed E-state index contributed by atoms with van der Waals surface area (Å²) < 4.78 is 11.0. The quantitative estimate of drug-likeness (QED) is 0.439. The summed E-state index contributed by atoms with van der Waals surface area (Å²) in [5.41, 5.74) is 0.594. The zero-order valence-corrected chi connectivity index (χ0v) is 10.8. The molecular weight excluding hydrogens is 272 g/mol. The first-order valence-electron chi connectivity index (χ1n) is 5.22. The van der Waals surface area contributed by atoms with Crippen LogP contribution in [0, 0.1) is 0 Å². The number of benzene rings is 1. The second kappa shape index (κ2) is 7.28. The van der Waals surface area contributed by atoms with E-state index in [0.717, 1.165) is 18.0 Å². The molecule has 1 rings (SSSR count). The smallest absolute Gasteiger partial charge is 0.161 e. The van der Waals surface area contributed by atoms with Crippen molar-refractivity contribution in [3.05, 3.63) is 23.8 Å². The van der Waals surface area contributed by atoms with Crippen LogP contribution in [0.1, 0.15) is 23.7 Å². The van der Waals surface area contributed by atoms with E-state index in [0.29, 0.717) is 30.3 Å². The topological polar surface area (TPSA) is 35.5 Å². The molecule has 1 aromatic rings. The average Bonchev–Trinajstić information content (AvgIpc) is 2.31. The lowest BCUT2D eigenvalue weighted by molar-refractivity contribution is 0.112. The van der Waals surface area contributed by atoms with Gasteiger partial charge in [0.2, 0.25) is 0 Å². The van der Waals surface area contributed by atoms with Gasteiger partial charge in [0, 0.05) is 10.9 Å². The molecule has 0 bridgehead atoms. The van der Waals surface area contributed by atoms with Crippen molar-refractivity contribution in [3.63, 3.8) is 0 Å². The predicted molar refractivity (Wildman–Crippen MR) is 66.9 cm³/mol. The molecule has 3 nitrogen and oxygen atoms in total. The molecule has 0 aromatic heterocycles. The maximum atomic E-state index is 10.6. The van der Waals surface area contributed by atoms with Crippen LogP contribution in [-0.4, -0.2) is 24.8 Å². The molecule has 88 valence electrons. The van der Waals surface area contributed by atoms with Crippen LogP contribution in [0.15, 0.2) is 18.2 Å². The molecule has 0 spiro atoms. The molecule has 0 radical (unpaired) electrons. The Balaban J connectivity index is 2.76. The summed E-state index contributed by atoms with van der Waals surface area (Å²) >= 11 is 3.34. The summed E-state index contributed by atoms with van der Waals surface area (Å²) in [4.78, 5) is 10.6. The third kappa shape index (κ3) is 3.85. The second-order valence-corrected chi connectivity index (χ2v) is 3.94. The van der Waals surface area contributed by atoms with E-state index in [1.54, 1.807) is 18.2 Å². The van der Waals surface area contributed by atoms with Crippen LogP contribution >= 0.6 is 15.9 Å². The van der Waals surface area contributed by atoms with E-state index in [1.165, 1.54) is 0 Å². The Kier molecular flexibility index (Phi) is 5.93. The lowest BCUT2D eigenvalue weighted by atomic mass is 10.2. The molecule has 0 fully saturated rings. The first-order chi connectivity index (χ1) is 7.81. The number of carbonyl (C=O) groups is 1. The largest absolute Gasteiger partial charge is 0.490 e. The Morgan fingerprint density at radius 1 is 1.31 bits per heavy atom. The molecule has 16 heavy (non-hydrogen) atoms. The van der Waals surface area contributed by atoms with Crippen molar-refractivity contribution in [2.75, 3.05) is 18.5 Å². The number of ether oxygens (including phenoxy) is 2. The monoisotopic (exact) mass is 286 g/mol. The molecule has 0 amide bonds. The highest BCUT2D eigenvalue weighted by molar-refractivity contribution is 9.09. The maximum absolute atomic E-state index is 10.6. The molecule has 0 saturated carbocycles. The molecule has 0 atom stereocenters. The van der Waals surface area contributed by atoms with E-state index >= 15 is 0 Å². The Morgan fingerprint density at radius 2 is 2.12 bits per heavy atom. The Morgan fingerprint density at radius 3 is 2.75 bits per heavy atom. The minimum atomic E-state index is 0.553. The number of rotatable bonds is 7. The number of alkyl halides is 1. The zero-order chi connectivity index (χ0) is 11.8. The van der Waals surface area contributed by atoms with Crippen LogP contribution in [0.3, 0.4) is 0 Å². The Bertz CT molecular complexity index is 339. The van der Waals surface area contributed by atoms with Crippen molar-refractivity contribution in [2.45, 2.75) is 13.3 Å². The minimum absolute atomic E-state index is 0.553. The van der Waals surface area contributed by atoms with Gasteiger partial charge < -0.3 is 9.47 Å². The van der Waals surface area contributed by atoms with Crippen molar-refractivity contribution in [2.24, 2.45) is 0 Å². The standard InChI is InChI=1S/C12H15BrO3/c1-2-15-12-8-10(9-14)4-5-11(12)16-7-3-6-13/h4-5,8-9H,2-3,6-7H2,1H3. The van der Waals surface area contributed by atoms with Crippen LogP contribution in [0.2, 0.25) is 0 Å². The fourth-order valence-corrected chi connectivity index (χ4v) is 1.45. The van der Waals surface area contributed by atoms with E-state index in [1.807, 2.05) is 6.92 Å². The summed E-state index contributed by atoms with van der Waals surface area (Å²) in [5.74, 6) is 1.31. The van der Waals surface area contributed by atoms with Gasteiger partial charge in [-0.15, -0.1) is 0 Å². The van der Waals surface area contributed by atoms with Gasteiger partial charge in [-0.25, -0.2) is 0 Å². The summed E-state index contributed by atoms with van der Waals surface area (Å²) in [6.45, 7) is 3.08. The molecule has 4 heteroatoms. The number of hydrogen-bond acceptors (Lipinski definition) is 3. The highest BCUT2D eigenvalue weighted by atomic mass is 79.9. The Labute approximate surface area is 104 Å². The van der Waals surface area contributed by atoms with Crippen LogP contribution in [-0.2, 0) is 0 Å². The van der Waals surface area contributed by atoms with Gasteiger partial charge >= 0.3 is 0 Å². The van der Waals surface area contributed by atoms with E-state index in [4.69, 9.17) is 9.47 Å². The summed E-state index contributed by atoms with van der Waals surface area (Å²) in [6, 6.07) is 5.18. The third-order valence-corrected chi connectivity index (χ3v) is 2.50. The second-order valence-electron chi connectivity index (χ2n) is 3.15. The van der Waals surface area contributed by atoms with E-state index in [9.17, 15) is 4.79 Å². The normalized spacial score (nSPS) is 9.88. The van der Waals surface area contributed by atoms with Crippen LogP contribution in [0.5, 0.6) is 11.5 Å². The molecule has 0 aliphatic rings. The first-order valence-corrected chi connectivity index (χ1v) is 6.34. The molecule has 0 saturated heterocycles. The molecule has 0 unspecified atom stereocenters. The van der Waals surface area contributed by atoms with Crippen molar-refractivity contribution >= 4 is 22.2 Å². The summed E-state index contributed by atoms with van der Waals surface area (Å²) in [5, 5.41) is 0.906. The lowest BCUT2D eigenvalue weighted by Gasteiger charge is -2.11. The predicted octanol–water partition coefficient (Wildman–Crippen LogP) is 3.06. The average molecular weight is 287 g/mol. The van der Waals surface area contributed by atoms with Gasteiger partial charge in [0.15, 0.2) is 11.5 Å². The zero-order valence-electron chi connectivity index (χ0n) is 9.24. The van der Waals surface area contributed by atoms with Crippen molar-refractivity contribution in [3.8, 4) is 11.5 Å². The van der Waals surface area contributed by atoms with Gasteiger partial charge in [-0.1, -0.05) is 15.9 Å². The fraction of sp³-hybridized carbons (Fsp3) is 0.417. The van der Waals surface area contributed by atoms with Gasteiger partial charge in [-0.05, 0) is 31.5 Å². The third-order valence-electron chi connectivity index (χ3n) is 1.94. The highest BCUT2D eigenvalue weighted by Crippen LogP contribution is 2.28. The number of halogens is 1. The lowest BCUT2D eigenvalue weighted by Crippen LogP contribution is -2.01. The minimum Gasteiger partial charge on any atom is -0.490 e. The maximum Gasteiger partial charge on any atom is 0.161 e. The van der Waals surface area contributed by atoms with Gasteiger partial charge in [-0.3, -0.25) is 4.79 Å². The first kappa shape index (κ1) is 13.0. The van der Waals surface area contributed by atoms with Crippen LogP contribution < -0.4 is 9.47 Å². The number of hydrogen-bond donors (Lipinski definition) is 0. The Hall–Kier alpha value is -1.03. The molecule has 0 heterocycles. The molecule has 0 N–H and O–H groups in total. The van der Waals surface area contributed by atoms with Crippen LogP contribution in [0.4, 0.5) is 0 Å². The van der Waals surface area contributed by atoms with Crippen molar-refractivity contribution in [1.82, 2.24) is 0 Å². The van der Waals surface area contributed by atoms with E-state index < -0.39 is 0 Å². The molecular formula is C12H15BrO3. The van der Waals surface area contributed by atoms with Crippen LogP contribution in [0.25, 0.3) is 0 Å². The highest BCUT2D eigenvalue weighted by Gasteiger charge is 2.05. The van der Waals surface area contributed by atoms with Gasteiger partial charge in [0.1, 0.15) is 6.29 Å². The van der Waals surface area contributed by atoms with Gasteiger partial charge in [0.05, 0.1) is 13.2 Å². The SMILES string of the molecule is CCOc1cc(C=O)ccc1OCCCBr. The van der Waals surface area contributed by atoms with Gasteiger partial charge in [0.25, 0.3) is 0 Å². The molecule has 1 aromatic carbocycles. The summed E-state index contributed by atoms with van der Waals surface area (Å²) in [7, 11) is 0. The molecule has 0 aliphatic heterocycles. The van der Waals surface area contributed by atoms with E-state index in [2.05, 4.69) is 15.9 Å². The molecule has 0 aliphatic carbocycles. The van der Waals surface area contributed by atoms with E-state index in [-0.39, 0.29) is 0 Å². The summed E-state index contributed by atoms with van der Waals surface area (Å²) in [6.07, 6.45) is 1.73. The van der Waals surface area contributed by atoms with Gasteiger partial charge in [-0.2, -0.15) is 0 Å². The number of carbonyl (C=O) groups excluding carboxylic acids is 1. The number of aldehydes is 1. The fourth-order valence-electron chi connectivity index (χ4n) is 1.22. The van der Waals surface area contributed by atoms with Crippen molar-refractivity contribution < 1.29 is 14.3 Å². The van der Waals surface area contributed by atoms with Crippen molar-refractivity contribution in [1.29, 1.82) is 0 Å².